The summed E-state index contributed by atoms with van der Waals surface area (Å²) in [7, 11) is 2.19. The molecule has 1 aliphatic heterocycles. The Kier molecular flexibility index (Phi) is 3.38. The number of hydrogen-bond acceptors (Lipinski definition) is 3. The van der Waals surface area contributed by atoms with Crippen molar-refractivity contribution in [2.24, 2.45) is 5.73 Å². The maximum absolute atomic E-state index is 5.67. The lowest BCUT2D eigenvalue weighted by atomic mass is 10.1. The van der Waals surface area contributed by atoms with Gasteiger partial charge in [-0.25, -0.2) is 4.98 Å². The number of hydrogen-bond donors (Lipinski definition) is 1. The summed E-state index contributed by atoms with van der Waals surface area (Å²) in [5.74, 6) is 1.02. The second-order valence-electron chi connectivity index (χ2n) is 4.34. The fraction of sp³-hybridized carbons (Fsp3) is 0.727. The lowest BCUT2D eigenvalue weighted by Crippen LogP contribution is -2.20. The highest BCUT2D eigenvalue weighted by atomic mass is 15.1. The smallest absolute Gasteiger partial charge is 0.122 e. The van der Waals surface area contributed by atoms with Crippen LogP contribution in [0.2, 0.25) is 0 Å². The number of likely N-dealkylation sites (tertiary alicyclic amines) is 1. The zero-order chi connectivity index (χ0) is 10.7. The van der Waals surface area contributed by atoms with Gasteiger partial charge in [0, 0.05) is 18.4 Å². The Bertz CT molecular complexity index is 307. The van der Waals surface area contributed by atoms with E-state index < -0.39 is 0 Å². The molecular formula is C11H20N4. The Morgan fingerprint density at radius 2 is 2.33 bits per heavy atom. The third-order valence-electron chi connectivity index (χ3n) is 3.25. The summed E-state index contributed by atoms with van der Waals surface area (Å²) < 4.78 is 2.26. The van der Waals surface area contributed by atoms with E-state index in [0.717, 1.165) is 5.82 Å². The highest BCUT2D eigenvalue weighted by Crippen LogP contribution is 2.23. The summed E-state index contributed by atoms with van der Waals surface area (Å²) in [5.41, 5.74) is 5.67. The molecule has 84 valence electrons. The summed E-state index contributed by atoms with van der Waals surface area (Å²) >= 11 is 0. The van der Waals surface area contributed by atoms with Gasteiger partial charge in [0.1, 0.15) is 5.82 Å². The summed E-state index contributed by atoms with van der Waals surface area (Å²) in [6, 6.07) is 0.594. The summed E-state index contributed by atoms with van der Waals surface area (Å²) in [5, 5.41) is 0. The van der Waals surface area contributed by atoms with Crippen LogP contribution in [0.25, 0.3) is 0 Å². The number of nitrogens with two attached hydrogens (primary N) is 1. The highest BCUT2D eigenvalue weighted by Gasteiger charge is 2.17. The minimum Gasteiger partial charge on any atom is -0.331 e. The van der Waals surface area contributed by atoms with Crippen LogP contribution in [0, 0.1) is 0 Å². The van der Waals surface area contributed by atoms with Gasteiger partial charge in [0.2, 0.25) is 0 Å². The molecule has 1 saturated heterocycles. The highest BCUT2D eigenvalue weighted by molar-refractivity contribution is 4.95. The van der Waals surface area contributed by atoms with Crippen LogP contribution in [-0.2, 0) is 6.54 Å². The van der Waals surface area contributed by atoms with Crippen molar-refractivity contribution in [1.29, 1.82) is 0 Å². The van der Waals surface area contributed by atoms with E-state index in [0.29, 0.717) is 12.6 Å². The number of nitrogens with zero attached hydrogens (tertiary/aromatic N) is 3. The molecule has 15 heavy (non-hydrogen) atoms. The SMILES string of the molecule is CN1CCCC(n2ccnc2CN)CC1. The second-order valence-corrected chi connectivity index (χ2v) is 4.34. The molecule has 0 spiro atoms. The molecule has 2 N–H and O–H groups in total. The fourth-order valence-electron chi connectivity index (χ4n) is 2.34. The molecule has 1 atom stereocenters. The Morgan fingerprint density at radius 3 is 3.13 bits per heavy atom. The van der Waals surface area contributed by atoms with E-state index in [9.17, 15) is 0 Å². The molecule has 0 aromatic carbocycles. The van der Waals surface area contributed by atoms with Crippen molar-refractivity contribution >= 4 is 0 Å². The molecule has 1 unspecified atom stereocenters. The summed E-state index contributed by atoms with van der Waals surface area (Å²) in [6.45, 7) is 2.93. The van der Waals surface area contributed by atoms with Crippen molar-refractivity contribution in [3.8, 4) is 0 Å². The molecule has 1 aromatic rings. The zero-order valence-electron chi connectivity index (χ0n) is 9.39. The fourth-order valence-corrected chi connectivity index (χ4v) is 2.34. The maximum Gasteiger partial charge on any atom is 0.122 e. The average Bonchev–Trinajstić information content (AvgIpc) is 2.61. The molecule has 0 saturated carbocycles. The van der Waals surface area contributed by atoms with E-state index >= 15 is 0 Å². The van der Waals surface area contributed by atoms with Gasteiger partial charge in [-0.05, 0) is 39.4 Å². The van der Waals surface area contributed by atoms with Crippen LogP contribution < -0.4 is 5.73 Å². The topological polar surface area (TPSA) is 47.1 Å². The third-order valence-corrected chi connectivity index (χ3v) is 3.25. The molecular weight excluding hydrogens is 188 g/mol. The lowest BCUT2D eigenvalue weighted by Gasteiger charge is -2.18. The van der Waals surface area contributed by atoms with Crippen LogP contribution in [0.15, 0.2) is 12.4 Å². The van der Waals surface area contributed by atoms with Crippen LogP contribution in [0.3, 0.4) is 0 Å². The normalized spacial score (nSPS) is 24.0. The van der Waals surface area contributed by atoms with Crippen molar-refractivity contribution in [3.63, 3.8) is 0 Å². The molecule has 0 radical (unpaired) electrons. The minimum absolute atomic E-state index is 0.541. The molecule has 0 bridgehead atoms. The lowest BCUT2D eigenvalue weighted by molar-refractivity contribution is 0.340. The van der Waals surface area contributed by atoms with E-state index in [2.05, 4.69) is 27.7 Å². The van der Waals surface area contributed by atoms with Crippen LogP contribution in [0.5, 0.6) is 0 Å². The minimum atomic E-state index is 0.541. The Balaban J connectivity index is 2.09. The second kappa shape index (κ2) is 4.77. The van der Waals surface area contributed by atoms with Crippen molar-refractivity contribution < 1.29 is 0 Å². The Morgan fingerprint density at radius 1 is 1.47 bits per heavy atom. The molecule has 4 nitrogen and oxygen atoms in total. The van der Waals surface area contributed by atoms with Crippen molar-refractivity contribution in [2.75, 3.05) is 20.1 Å². The molecule has 2 heterocycles. The molecule has 1 fully saturated rings. The van der Waals surface area contributed by atoms with Gasteiger partial charge in [-0.2, -0.15) is 0 Å². The van der Waals surface area contributed by atoms with E-state index in [4.69, 9.17) is 5.73 Å². The zero-order valence-corrected chi connectivity index (χ0v) is 9.39. The Hall–Kier alpha value is -0.870. The quantitative estimate of drug-likeness (QED) is 0.788. The first-order valence-corrected chi connectivity index (χ1v) is 5.71. The largest absolute Gasteiger partial charge is 0.331 e. The van der Waals surface area contributed by atoms with Gasteiger partial charge in [0.15, 0.2) is 0 Å². The van der Waals surface area contributed by atoms with Crippen molar-refractivity contribution in [2.45, 2.75) is 31.8 Å². The standard InChI is InChI=1S/C11H20N4/c1-14-6-2-3-10(4-7-14)15-8-5-13-11(15)9-12/h5,8,10H,2-4,6-7,9,12H2,1H3. The average molecular weight is 208 g/mol. The van der Waals surface area contributed by atoms with Gasteiger partial charge in [-0.15, -0.1) is 0 Å². The van der Waals surface area contributed by atoms with Crippen molar-refractivity contribution in [1.82, 2.24) is 14.5 Å². The molecule has 4 heteroatoms. The van der Waals surface area contributed by atoms with Gasteiger partial charge in [-0.3, -0.25) is 0 Å². The summed E-state index contributed by atoms with van der Waals surface area (Å²) in [4.78, 5) is 6.69. The van der Waals surface area contributed by atoms with Crippen LogP contribution in [-0.4, -0.2) is 34.6 Å². The van der Waals surface area contributed by atoms with E-state index in [1.54, 1.807) is 0 Å². The number of aromatic nitrogens is 2. The van der Waals surface area contributed by atoms with Gasteiger partial charge >= 0.3 is 0 Å². The first-order valence-electron chi connectivity index (χ1n) is 5.71. The van der Waals surface area contributed by atoms with Crippen molar-refractivity contribution in [3.05, 3.63) is 18.2 Å². The Labute approximate surface area is 91.1 Å². The van der Waals surface area contributed by atoms with Gasteiger partial charge in [0.05, 0.1) is 6.54 Å². The van der Waals surface area contributed by atoms with Gasteiger partial charge in [0.25, 0.3) is 0 Å². The maximum atomic E-state index is 5.67. The number of imidazole rings is 1. The van der Waals surface area contributed by atoms with Gasteiger partial charge < -0.3 is 15.2 Å². The molecule has 0 amide bonds. The third kappa shape index (κ3) is 2.38. The van der Waals surface area contributed by atoms with E-state index in [-0.39, 0.29) is 0 Å². The molecule has 1 aliphatic rings. The predicted molar refractivity (Wildman–Crippen MR) is 60.5 cm³/mol. The van der Waals surface area contributed by atoms with Crippen LogP contribution >= 0.6 is 0 Å². The van der Waals surface area contributed by atoms with Gasteiger partial charge in [-0.1, -0.05) is 0 Å². The molecule has 2 rings (SSSR count). The first-order chi connectivity index (χ1) is 7.31. The predicted octanol–water partition coefficient (Wildman–Crippen LogP) is 0.999. The van der Waals surface area contributed by atoms with E-state index in [1.807, 2.05) is 6.20 Å². The van der Waals surface area contributed by atoms with E-state index in [1.165, 1.54) is 32.4 Å². The summed E-state index contributed by atoms with van der Waals surface area (Å²) in [6.07, 6.45) is 7.64. The monoisotopic (exact) mass is 208 g/mol. The first kappa shape index (κ1) is 10.6. The van der Waals surface area contributed by atoms with Crippen LogP contribution in [0.1, 0.15) is 31.1 Å². The molecule has 0 aliphatic carbocycles. The van der Waals surface area contributed by atoms with Crippen LogP contribution in [0.4, 0.5) is 0 Å². The molecule has 1 aromatic heterocycles. The number of rotatable bonds is 2.